The lowest BCUT2D eigenvalue weighted by molar-refractivity contribution is 0.0674. The zero-order valence-electron chi connectivity index (χ0n) is 22.1. The Morgan fingerprint density at radius 1 is 0.463 bits per heavy atom. The summed E-state index contributed by atoms with van der Waals surface area (Å²) in [7, 11) is 0. The van der Waals surface area contributed by atoms with Crippen LogP contribution in [-0.4, -0.2) is 9.97 Å². The number of ether oxygens (including phenoxy) is 2. The van der Waals surface area contributed by atoms with Gasteiger partial charge in [-0.05, 0) is 35.4 Å². The van der Waals surface area contributed by atoms with E-state index in [0.29, 0.717) is 0 Å². The summed E-state index contributed by atoms with van der Waals surface area (Å²) < 4.78 is 13.1. The van der Waals surface area contributed by atoms with Gasteiger partial charge in [0.15, 0.2) is 12.5 Å². The third-order valence-corrected chi connectivity index (χ3v) is 7.72. The number of para-hydroxylation sites is 2. The Morgan fingerprint density at radius 2 is 0.878 bits per heavy atom. The number of fused-ring (bicyclic) bond motifs is 6. The van der Waals surface area contributed by atoms with Crippen LogP contribution in [0, 0.1) is 0 Å². The summed E-state index contributed by atoms with van der Waals surface area (Å²) in [6.45, 7) is 0. The number of nitrogens with zero attached hydrogens (tertiary/aromatic N) is 2. The average molecular weight is 532 g/mol. The van der Waals surface area contributed by atoms with Crippen molar-refractivity contribution in [3.05, 3.63) is 145 Å². The van der Waals surface area contributed by atoms with E-state index in [0.717, 1.165) is 67.4 Å². The van der Waals surface area contributed by atoms with E-state index in [2.05, 4.69) is 53.8 Å². The second-order valence-electron chi connectivity index (χ2n) is 10.2. The highest BCUT2D eigenvalue weighted by Gasteiger charge is 2.33. The fourth-order valence-corrected chi connectivity index (χ4v) is 5.70. The van der Waals surface area contributed by atoms with Crippen molar-refractivity contribution < 1.29 is 9.47 Å². The number of hydrogen-bond acceptors (Lipinski definition) is 5. The fraction of sp³-hybridized carbons (Fsp3) is 0.0556. The summed E-state index contributed by atoms with van der Waals surface area (Å²) >= 11 is 0. The number of aromatic nitrogens is 2. The van der Waals surface area contributed by atoms with Gasteiger partial charge in [0, 0.05) is 45.8 Å². The van der Waals surface area contributed by atoms with Crippen LogP contribution < -0.4 is 14.8 Å². The molecule has 196 valence electrons. The molecule has 4 heterocycles. The quantitative estimate of drug-likeness (QED) is 0.248. The highest BCUT2D eigenvalue weighted by atomic mass is 16.5. The maximum Gasteiger partial charge on any atom is 0.181 e. The van der Waals surface area contributed by atoms with Crippen LogP contribution in [-0.2, 0) is 0 Å². The van der Waals surface area contributed by atoms with Gasteiger partial charge in [-0.1, -0.05) is 97.1 Å². The van der Waals surface area contributed by atoms with E-state index in [1.54, 1.807) is 0 Å². The molecule has 0 saturated heterocycles. The molecule has 0 saturated carbocycles. The SMILES string of the molecule is c1ccc(-c2cc3c(cn2)C(NC2Oc4ccccc4-c4cc(-c5ccccc5)ncc42)Oc2ccccc2-3)cc1. The van der Waals surface area contributed by atoms with Crippen LogP contribution in [0.25, 0.3) is 44.8 Å². The number of hydrogen-bond donors (Lipinski definition) is 1. The molecule has 5 nitrogen and oxygen atoms in total. The van der Waals surface area contributed by atoms with Crippen LogP contribution in [0.1, 0.15) is 23.6 Å². The Morgan fingerprint density at radius 3 is 1.34 bits per heavy atom. The van der Waals surface area contributed by atoms with E-state index < -0.39 is 12.5 Å². The van der Waals surface area contributed by atoms with Gasteiger partial charge in [0.1, 0.15) is 11.5 Å². The molecule has 0 spiro atoms. The van der Waals surface area contributed by atoms with E-state index in [9.17, 15) is 0 Å². The lowest BCUT2D eigenvalue weighted by Crippen LogP contribution is -2.36. The minimum Gasteiger partial charge on any atom is -0.470 e. The van der Waals surface area contributed by atoms with Crippen LogP contribution in [0.4, 0.5) is 0 Å². The second kappa shape index (κ2) is 9.73. The molecule has 0 amide bonds. The monoisotopic (exact) mass is 531 g/mol. The fourth-order valence-electron chi connectivity index (χ4n) is 5.70. The van der Waals surface area contributed by atoms with Crippen LogP contribution in [0.2, 0.25) is 0 Å². The third kappa shape index (κ3) is 4.15. The molecule has 4 aromatic carbocycles. The van der Waals surface area contributed by atoms with E-state index in [1.165, 1.54) is 0 Å². The van der Waals surface area contributed by atoms with Crippen molar-refractivity contribution in [1.82, 2.24) is 15.3 Å². The topological polar surface area (TPSA) is 56.3 Å². The van der Waals surface area contributed by atoms with Gasteiger partial charge in [0.2, 0.25) is 0 Å². The molecular weight excluding hydrogens is 506 g/mol. The number of rotatable bonds is 4. The zero-order chi connectivity index (χ0) is 27.2. The van der Waals surface area contributed by atoms with Gasteiger partial charge >= 0.3 is 0 Å². The molecule has 5 heteroatoms. The van der Waals surface area contributed by atoms with Gasteiger partial charge in [0.25, 0.3) is 0 Å². The Hall–Kier alpha value is -5.26. The maximum absolute atomic E-state index is 6.55. The predicted octanol–water partition coefficient (Wildman–Crippen LogP) is 8.22. The lowest BCUT2D eigenvalue weighted by atomic mass is 9.93. The molecule has 2 aliphatic heterocycles. The molecule has 2 atom stereocenters. The van der Waals surface area contributed by atoms with Crippen molar-refractivity contribution in [2.75, 3.05) is 0 Å². The average Bonchev–Trinajstić information content (AvgIpc) is 3.05. The van der Waals surface area contributed by atoms with Gasteiger partial charge in [-0.25, -0.2) is 5.32 Å². The summed E-state index contributed by atoms with van der Waals surface area (Å²) in [5.74, 6) is 1.63. The summed E-state index contributed by atoms with van der Waals surface area (Å²) in [6, 6.07) is 41.1. The molecular formula is C36H25N3O2. The van der Waals surface area contributed by atoms with Gasteiger partial charge in [-0.3, -0.25) is 9.97 Å². The Labute approximate surface area is 238 Å². The Bertz CT molecular complexity index is 1750. The van der Waals surface area contributed by atoms with Gasteiger partial charge in [-0.2, -0.15) is 0 Å². The molecule has 2 aromatic heterocycles. The molecule has 8 rings (SSSR count). The molecule has 6 aromatic rings. The molecule has 2 aliphatic rings. The minimum atomic E-state index is -0.478. The molecule has 0 fully saturated rings. The smallest absolute Gasteiger partial charge is 0.181 e. The van der Waals surface area contributed by atoms with E-state index >= 15 is 0 Å². The van der Waals surface area contributed by atoms with Crippen LogP contribution >= 0.6 is 0 Å². The van der Waals surface area contributed by atoms with E-state index in [1.807, 2.05) is 85.2 Å². The first kappa shape index (κ1) is 23.6. The first-order valence-corrected chi connectivity index (χ1v) is 13.7. The zero-order valence-corrected chi connectivity index (χ0v) is 22.1. The molecule has 2 unspecified atom stereocenters. The number of pyridine rings is 2. The summed E-state index contributed by atoms with van der Waals surface area (Å²) in [5, 5.41) is 3.65. The van der Waals surface area contributed by atoms with Crippen LogP contribution in [0.3, 0.4) is 0 Å². The number of nitrogens with one attached hydrogen (secondary N) is 1. The van der Waals surface area contributed by atoms with E-state index in [-0.39, 0.29) is 0 Å². The van der Waals surface area contributed by atoms with Crippen LogP contribution in [0.5, 0.6) is 11.5 Å². The first-order chi connectivity index (χ1) is 20.3. The van der Waals surface area contributed by atoms with Crippen molar-refractivity contribution in [2.45, 2.75) is 12.5 Å². The third-order valence-electron chi connectivity index (χ3n) is 7.72. The molecule has 1 N–H and O–H groups in total. The van der Waals surface area contributed by atoms with E-state index in [4.69, 9.17) is 19.4 Å². The van der Waals surface area contributed by atoms with Crippen molar-refractivity contribution in [3.63, 3.8) is 0 Å². The number of benzene rings is 4. The molecule has 41 heavy (non-hydrogen) atoms. The van der Waals surface area contributed by atoms with Crippen molar-refractivity contribution in [1.29, 1.82) is 0 Å². The molecule has 0 bridgehead atoms. The van der Waals surface area contributed by atoms with Crippen molar-refractivity contribution in [2.24, 2.45) is 0 Å². The van der Waals surface area contributed by atoms with Crippen molar-refractivity contribution >= 4 is 0 Å². The summed E-state index contributed by atoms with van der Waals surface area (Å²) in [6.07, 6.45) is 2.88. The first-order valence-electron chi connectivity index (χ1n) is 13.7. The van der Waals surface area contributed by atoms with Crippen LogP contribution in [0.15, 0.2) is 134 Å². The Balaban J connectivity index is 1.20. The second-order valence-corrected chi connectivity index (χ2v) is 10.2. The highest BCUT2D eigenvalue weighted by molar-refractivity contribution is 5.80. The largest absolute Gasteiger partial charge is 0.470 e. The van der Waals surface area contributed by atoms with Gasteiger partial charge < -0.3 is 9.47 Å². The lowest BCUT2D eigenvalue weighted by Gasteiger charge is -2.35. The predicted molar refractivity (Wildman–Crippen MR) is 160 cm³/mol. The standard InChI is InChI=1S/C36H25N3O2/c1-3-11-23(12-4-1)31-19-27-25-15-7-9-17-33(25)40-35(29(27)21-37-31)39-36-30-22-38-32(24-13-5-2-6-14-24)20-28(30)26-16-8-10-18-34(26)41-36/h1-22,35-36,39H. The van der Waals surface area contributed by atoms with Gasteiger partial charge in [-0.15, -0.1) is 0 Å². The van der Waals surface area contributed by atoms with Gasteiger partial charge in [0.05, 0.1) is 11.4 Å². The molecule has 0 aliphatic carbocycles. The van der Waals surface area contributed by atoms with Crippen molar-refractivity contribution in [3.8, 4) is 56.3 Å². The summed E-state index contributed by atoms with van der Waals surface area (Å²) in [5.41, 5.74) is 10.2. The molecule has 0 radical (unpaired) electrons. The normalized spacial score (nSPS) is 16.3. The summed E-state index contributed by atoms with van der Waals surface area (Å²) in [4.78, 5) is 9.66. The maximum atomic E-state index is 6.55. The minimum absolute atomic E-state index is 0.478. The highest BCUT2D eigenvalue weighted by Crippen LogP contribution is 2.46. The Kier molecular flexibility index (Phi) is 5.61.